The molecule has 1 heterocycles. The summed E-state index contributed by atoms with van der Waals surface area (Å²) in [6, 6.07) is 18.4. The van der Waals surface area contributed by atoms with Gasteiger partial charge in [-0.2, -0.15) is 0 Å². The number of nitrogens with zero attached hydrogens (tertiary/aromatic N) is 1. The molecule has 0 aliphatic rings. The van der Waals surface area contributed by atoms with E-state index in [0.29, 0.717) is 21.5 Å². The van der Waals surface area contributed by atoms with Gasteiger partial charge in [0.25, 0.3) is 11.8 Å². The number of amides is 2. The maximum absolute atomic E-state index is 12.4. The summed E-state index contributed by atoms with van der Waals surface area (Å²) in [5.74, 6) is 0.665. The number of nitrogens with one attached hydrogen (secondary N) is 2. The van der Waals surface area contributed by atoms with Crippen molar-refractivity contribution in [1.82, 2.24) is 4.98 Å². The molecule has 0 fully saturated rings. The van der Waals surface area contributed by atoms with Crippen molar-refractivity contribution < 1.29 is 19.1 Å². The molecule has 0 aliphatic heterocycles. The van der Waals surface area contributed by atoms with Gasteiger partial charge in [-0.05, 0) is 62.4 Å². The molecule has 7 nitrogen and oxygen atoms in total. The number of halogens is 2. The fourth-order valence-electron chi connectivity index (χ4n) is 2.63. The quantitative estimate of drug-likeness (QED) is 0.469. The molecule has 2 aromatic carbocycles. The normalized spacial score (nSPS) is 12.4. The van der Waals surface area contributed by atoms with Crippen LogP contribution in [0.5, 0.6) is 11.5 Å². The topological polar surface area (TPSA) is 89.6 Å². The minimum atomic E-state index is -0.792. The van der Waals surface area contributed by atoms with Crippen LogP contribution in [0.15, 0.2) is 66.7 Å². The lowest BCUT2D eigenvalue weighted by Crippen LogP contribution is -2.31. The first-order chi connectivity index (χ1) is 15.3. The second-order valence-corrected chi connectivity index (χ2v) is 7.69. The first-order valence-corrected chi connectivity index (χ1v) is 10.5. The van der Waals surface area contributed by atoms with E-state index in [4.69, 9.17) is 32.7 Å². The third-order valence-corrected chi connectivity index (χ3v) is 4.68. The van der Waals surface area contributed by atoms with E-state index in [1.165, 1.54) is 0 Å². The summed E-state index contributed by atoms with van der Waals surface area (Å²) in [4.78, 5) is 29.1. The Morgan fingerprint density at radius 3 is 1.56 bits per heavy atom. The van der Waals surface area contributed by atoms with Crippen molar-refractivity contribution in [3.05, 3.63) is 76.8 Å². The van der Waals surface area contributed by atoms with E-state index in [9.17, 15) is 9.59 Å². The fraction of sp³-hybridized carbons (Fsp3) is 0.174. The van der Waals surface area contributed by atoms with Gasteiger partial charge in [-0.25, -0.2) is 4.98 Å². The molecule has 2 N–H and O–H groups in total. The minimum absolute atomic E-state index is 0.262. The zero-order valence-electron chi connectivity index (χ0n) is 17.3. The Balaban J connectivity index is 1.57. The van der Waals surface area contributed by atoms with E-state index in [2.05, 4.69) is 15.6 Å². The molecule has 1 aromatic heterocycles. The first-order valence-electron chi connectivity index (χ1n) is 9.73. The van der Waals surface area contributed by atoms with Gasteiger partial charge in [-0.1, -0.05) is 41.4 Å². The molecule has 9 heteroatoms. The summed E-state index contributed by atoms with van der Waals surface area (Å²) in [5, 5.41) is 6.34. The van der Waals surface area contributed by atoms with Gasteiger partial charge in [0.05, 0.1) is 0 Å². The molecule has 0 saturated carbocycles. The zero-order chi connectivity index (χ0) is 23.1. The number of anilines is 2. The maximum atomic E-state index is 12.4. The molecule has 0 radical (unpaired) electrons. The van der Waals surface area contributed by atoms with Crippen LogP contribution < -0.4 is 20.1 Å². The molecule has 2 atom stereocenters. The SMILES string of the molecule is CC(Oc1cccc(Cl)c1)C(=O)Nc1cccc(NC(=O)C(C)Oc2cccc(Cl)c2)n1. The number of ether oxygens (including phenoxy) is 2. The first kappa shape index (κ1) is 23.4. The summed E-state index contributed by atoms with van der Waals surface area (Å²) < 4.78 is 11.2. The third kappa shape index (κ3) is 6.87. The van der Waals surface area contributed by atoms with Gasteiger partial charge >= 0.3 is 0 Å². The monoisotopic (exact) mass is 473 g/mol. The predicted octanol–water partition coefficient (Wildman–Crippen LogP) is 5.20. The summed E-state index contributed by atoms with van der Waals surface area (Å²) in [6.45, 7) is 3.22. The van der Waals surface area contributed by atoms with Crippen LogP contribution in [-0.4, -0.2) is 29.0 Å². The van der Waals surface area contributed by atoms with Gasteiger partial charge in [-0.3, -0.25) is 9.59 Å². The molecular weight excluding hydrogens is 453 g/mol. The summed E-state index contributed by atoms with van der Waals surface area (Å²) in [5.41, 5.74) is 0. The average Bonchev–Trinajstić information content (AvgIpc) is 2.74. The second-order valence-electron chi connectivity index (χ2n) is 6.82. The standard InChI is InChI=1S/C23H21Cl2N3O4/c1-14(31-18-8-3-6-16(24)12-18)22(29)27-20-10-5-11-21(26-20)28-23(30)15(2)32-19-9-4-7-17(25)13-19/h3-15H,1-2H3,(H2,26,27,28,29,30). The summed E-state index contributed by atoms with van der Waals surface area (Å²) >= 11 is 11.9. The molecule has 0 aliphatic carbocycles. The molecule has 3 aromatic rings. The fourth-order valence-corrected chi connectivity index (χ4v) is 2.99. The van der Waals surface area contributed by atoms with E-state index in [-0.39, 0.29) is 11.6 Å². The number of carbonyl (C=O) groups excluding carboxylic acids is 2. The van der Waals surface area contributed by atoms with E-state index < -0.39 is 24.0 Å². The average molecular weight is 474 g/mol. The Hall–Kier alpha value is -3.29. The number of benzene rings is 2. The van der Waals surface area contributed by atoms with Crippen LogP contribution >= 0.6 is 23.2 Å². The number of carbonyl (C=O) groups is 2. The lowest BCUT2D eigenvalue weighted by atomic mass is 10.3. The predicted molar refractivity (Wildman–Crippen MR) is 125 cm³/mol. The highest BCUT2D eigenvalue weighted by Crippen LogP contribution is 2.20. The van der Waals surface area contributed by atoms with Crippen LogP contribution in [0.25, 0.3) is 0 Å². The van der Waals surface area contributed by atoms with Crippen LogP contribution in [0.4, 0.5) is 11.6 Å². The zero-order valence-corrected chi connectivity index (χ0v) is 18.9. The highest BCUT2D eigenvalue weighted by molar-refractivity contribution is 6.31. The van der Waals surface area contributed by atoms with Gasteiger partial charge < -0.3 is 20.1 Å². The molecule has 2 unspecified atom stereocenters. The Kier molecular flexibility index (Phi) is 7.92. The van der Waals surface area contributed by atoms with Crippen LogP contribution in [0.3, 0.4) is 0 Å². The lowest BCUT2D eigenvalue weighted by molar-refractivity contribution is -0.122. The van der Waals surface area contributed by atoms with Crippen LogP contribution in [-0.2, 0) is 9.59 Å². The number of rotatable bonds is 8. The van der Waals surface area contributed by atoms with Gasteiger partial charge in [0.15, 0.2) is 12.2 Å². The number of hydrogen-bond donors (Lipinski definition) is 2. The lowest BCUT2D eigenvalue weighted by Gasteiger charge is -2.16. The second kappa shape index (κ2) is 10.8. The van der Waals surface area contributed by atoms with Crippen molar-refractivity contribution in [3.8, 4) is 11.5 Å². The van der Waals surface area contributed by atoms with Gasteiger partial charge in [0.1, 0.15) is 23.1 Å². The van der Waals surface area contributed by atoms with Crippen molar-refractivity contribution in [2.45, 2.75) is 26.1 Å². The van der Waals surface area contributed by atoms with E-state index >= 15 is 0 Å². The Labute approximate surface area is 195 Å². The highest BCUT2D eigenvalue weighted by atomic mass is 35.5. The Morgan fingerprint density at radius 2 is 1.16 bits per heavy atom. The molecule has 0 spiro atoms. The van der Waals surface area contributed by atoms with E-state index in [1.807, 2.05) is 0 Å². The number of pyridine rings is 1. The molecule has 0 bridgehead atoms. The van der Waals surface area contributed by atoms with Crippen molar-refractivity contribution in [1.29, 1.82) is 0 Å². The largest absolute Gasteiger partial charge is 0.481 e. The van der Waals surface area contributed by atoms with E-state index in [0.717, 1.165) is 0 Å². The van der Waals surface area contributed by atoms with Crippen molar-refractivity contribution in [2.24, 2.45) is 0 Å². The molecular formula is C23H21Cl2N3O4. The Morgan fingerprint density at radius 1 is 0.750 bits per heavy atom. The summed E-state index contributed by atoms with van der Waals surface area (Å²) in [7, 11) is 0. The van der Waals surface area contributed by atoms with Crippen LogP contribution in [0.1, 0.15) is 13.8 Å². The number of hydrogen-bond acceptors (Lipinski definition) is 5. The van der Waals surface area contributed by atoms with Crippen LogP contribution in [0.2, 0.25) is 10.0 Å². The molecule has 2 amide bonds. The molecule has 32 heavy (non-hydrogen) atoms. The molecule has 3 rings (SSSR count). The van der Waals surface area contributed by atoms with E-state index in [1.54, 1.807) is 80.6 Å². The van der Waals surface area contributed by atoms with Crippen molar-refractivity contribution in [2.75, 3.05) is 10.6 Å². The Bertz CT molecular complexity index is 1030. The van der Waals surface area contributed by atoms with Crippen molar-refractivity contribution in [3.63, 3.8) is 0 Å². The van der Waals surface area contributed by atoms with Gasteiger partial charge in [0.2, 0.25) is 0 Å². The smallest absolute Gasteiger partial charge is 0.266 e. The maximum Gasteiger partial charge on any atom is 0.266 e. The molecule has 0 saturated heterocycles. The summed E-state index contributed by atoms with van der Waals surface area (Å²) in [6.07, 6.45) is -1.58. The van der Waals surface area contributed by atoms with Gasteiger partial charge in [0, 0.05) is 10.0 Å². The van der Waals surface area contributed by atoms with Crippen LogP contribution in [0, 0.1) is 0 Å². The number of aromatic nitrogens is 1. The molecule has 166 valence electrons. The highest BCUT2D eigenvalue weighted by Gasteiger charge is 2.18. The van der Waals surface area contributed by atoms with Crippen molar-refractivity contribution >= 4 is 46.7 Å². The van der Waals surface area contributed by atoms with Gasteiger partial charge in [-0.15, -0.1) is 0 Å². The minimum Gasteiger partial charge on any atom is -0.481 e. The third-order valence-electron chi connectivity index (χ3n) is 4.21.